The molecule has 0 radical (unpaired) electrons. The Hall–Kier alpha value is -8.21. The lowest BCUT2D eigenvalue weighted by Gasteiger charge is -2.27. The standard InChI is InChI=1S/C74H88N6O16S4/c1-10-77-60-37-33-53(98(88,89)90)45-57(60)72(4,5)64(77)22-14-11-15-23-65-73(6,7)58-46-54(99(91,92)93)34-38-62(58)78(65)40-18-12-16-26-68(81)75-48-50-28-31-52(32-29-50)70(84)76-49-51-30-36-61-56(44-51)71(2,3)66(80(61)42-21-43-97(85,86)87)24-20-25-67-74(8,9)59-47-55(100(94,95)96)35-39-63(59)79(67)41-19-13-17-27-69(82)83/h11,14-15,20,22-25,28-39,44-47H,10,12-13,16-19,21,26-27,40-43,48-49H2,1-9H3,(H5-2,75,76,81,82,83,84,85,86,87,88,89,90,91,92,93,94,95,96). The summed E-state index contributed by atoms with van der Waals surface area (Å²) in [6.07, 6.45) is 19.5. The molecule has 0 aromatic heterocycles. The molecule has 0 bridgehead atoms. The fourth-order valence-corrected chi connectivity index (χ4v) is 16.1. The number of nitrogens with zero attached hydrogens (tertiary/aromatic N) is 4. The maximum absolute atomic E-state index is 13.6. The number of carbonyl (C=O) groups excluding carboxylic acids is 2. The Balaban J connectivity index is 0.808. The van der Waals surface area contributed by atoms with Crippen LogP contribution in [0, 0.1) is 0 Å². The van der Waals surface area contributed by atoms with E-state index in [4.69, 9.17) is 0 Å². The number of allylic oxidation sites excluding steroid dienone is 10. The van der Waals surface area contributed by atoms with Gasteiger partial charge in [0.2, 0.25) is 17.3 Å². The Labute approximate surface area is 587 Å². The number of aliphatic carboxylic acids is 1. The number of carbonyl (C=O) groups is 3. The zero-order chi connectivity index (χ0) is 73.1. The zero-order valence-electron chi connectivity index (χ0n) is 57.7. The number of anilines is 2. The van der Waals surface area contributed by atoms with Gasteiger partial charge in [0.25, 0.3) is 26.1 Å². The van der Waals surface area contributed by atoms with E-state index in [9.17, 15) is 71.4 Å². The third-order valence-electron chi connectivity index (χ3n) is 19.5. The number of nitrogens with one attached hydrogen (secondary N) is 2. The van der Waals surface area contributed by atoms with Gasteiger partial charge in [-0.3, -0.25) is 23.5 Å². The molecule has 534 valence electrons. The average molecular weight is 1450 g/mol. The highest BCUT2D eigenvalue weighted by Gasteiger charge is 2.47. The average Bonchev–Trinajstić information content (AvgIpc) is 1.61. The van der Waals surface area contributed by atoms with Gasteiger partial charge in [0.05, 0.1) is 35.6 Å². The normalized spacial score (nSPS) is 17.7. The summed E-state index contributed by atoms with van der Waals surface area (Å²) < 4.78 is 144. The van der Waals surface area contributed by atoms with Crippen LogP contribution in [-0.4, -0.2) is 127 Å². The molecule has 0 fully saturated rings. The van der Waals surface area contributed by atoms with Crippen LogP contribution in [0.3, 0.4) is 0 Å². The van der Waals surface area contributed by atoms with Crippen LogP contribution in [-0.2, 0) is 84.8 Å². The number of likely N-dealkylation sites (N-methyl/N-ethyl adjacent to an activating group) is 1. The van der Waals surface area contributed by atoms with Crippen molar-refractivity contribution < 1.29 is 80.5 Å². The van der Waals surface area contributed by atoms with Crippen molar-refractivity contribution in [1.82, 2.24) is 10.6 Å². The van der Waals surface area contributed by atoms with Crippen molar-refractivity contribution in [3.63, 3.8) is 0 Å². The number of fused-ring (bicyclic) bond motifs is 4. The van der Waals surface area contributed by atoms with Crippen molar-refractivity contribution in [2.24, 2.45) is 0 Å². The van der Waals surface area contributed by atoms with Crippen molar-refractivity contribution >= 4 is 92.4 Å². The molecule has 9 rings (SSSR count). The van der Waals surface area contributed by atoms with Gasteiger partial charge in [-0.15, -0.1) is 0 Å². The third kappa shape index (κ3) is 16.9. The molecule has 22 nitrogen and oxygen atoms in total. The number of hydrogen-bond donors (Lipinski definition) is 5. The first-order valence-electron chi connectivity index (χ1n) is 33.3. The van der Waals surface area contributed by atoms with Crippen LogP contribution in [0.25, 0.3) is 0 Å². The van der Waals surface area contributed by atoms with Gasteiger partial charge in [-0.25, -0.2) is 16.8 Å². The SMILES string of the molecule is CCN1C(=CC=CC=CC2=[N+](CCCCCC(=O)NCc3ccc(C(=O)NCc4ccc5c(c4)C(C)(C)C(=CC=CC4=[N+](CCCCCC(=O)O)c6ccc(S(=O)(=O)O)cc6C4(C)C)N5CCCS(=O)(=O)[O-])cc3)c3ccc(S(=O)(=O)O)cc3C2(C)C)C(C)(C)c2cc(S(=O)(=O)[O-])ccc21. The van der Waals surface area contributed by atoms with E-state index in [2.05, 4.69) is 24.7 Å². The van der Waals surface area contributed by atoms with Gasteiger partial charge in [-0.2, -0.15) is 26.0 Å². The molecule has 2 amide bonds. The lowest BCUT2D eigenvalue weighted by Crippen LogP contribution is -2.29. The summed E-state index contributed by atoms with van der Waals surface area (Å²) in [6.45, 7) is 20.2. The van der Waals surface area contributed by atoms with Crippen molar-refractivity contribution in [2.75, 3.05) is 41.7 Å². The van der Waals surface area contributed by atoms with Gasteiger partial charge in [-0.05, 0) is 162 Å². The van der Waals surface area contributed by atoms with Crippen molar-refractivity contribution in [1.29, 1.82) is 0 Å². The molecular formula is C74H88N6O16S4. The van der Waals surface area contributed by atoms with Crippen LogP contribution in [0.1, 0.15) is 164 Å². The minimum Gasteiger partial charge on any atom is -0.748 e. The molecule has 26 heteroatoms. The molecule has 0 saturated heterocycles. The number of carboxylic acid groups (broad SMARTS) is 1. The van der Waals surface area contributed by atoms with Crippen molar-refractivity contribution in [3.05, 3.63) is 196 Å². The van der Waals surface area contributed by atoms with E-state index in [0.717, 1.165) is 73.4 Å². The maximum atomic E-state index is 13.6. The van der Waals surface area contributed by atoms with E-state index < -0.39 is 73.9 Å². The number of hydrogen-bond acceptors (Lipinski definition) is 15. The van der Waals surface area contributed by atoms with Gasteiger partial charge >= 0.3 is 5.97 Å². The predicted molar refractivity (Wildman–Crippen MR) is 382 cm³/mol. The zero-order valence-corrected chi connectivity index (χ0v) is 61.0. The number of rotatable bonds is 30. The monoisotopic (exact) mass is 1440 g/mol. The van der Waals surface area contributed by atoms with Gasteiger partial charge in [0.1, 0.15) is 23.2 Å². The molecule has 0 unspecified atom stereocenters. The Morgan fingerprint density at radius 3 is 1.53 bits per heavy atom. The summed E-state index contributed by atoms with van der Waals surface area (Å²) in [7, 11) is -18.2. The quantitative estimate of drug-likeness (QED) is 0.0123. The van der Waals surface area contributed by atoms with E-state index in [-0.39, 0.29) is 65.4 Å². The van der Waals surface area contributed by atoms with E-state index in [1.54, 1.807) is 42.5 Å². The summed E-state index contributed by atoms with van der Waals surface area (Å²) in [4.78, 5) is 41.4. The predicted octanol–water partition coefficient (Wildman–Crippen LogP) is 11.3. The van der Waals surface area contributed by atoms with Crippen LogP contribution in [0.4, 0.5) is 22.7 Å². The lowest BCUT2D eigenvalue weighted by atomic mass is 9.81. The summed E-state index contributed by atoms with van der Waals surface area (Å²) >= 11 is 0. The van der Waals surface area contributed by atoms with Crippen LogP contribution in [0.2, 0.25) is 0 Å². The Morgan fingerprint density at radius 1 is 0.510 bits per heavy atom. The second kappa shape index (κ2) is 29.8. The Kier molecular flexibility index (Phi) is 22.6. The van der Waals surface area contributed by atoms with Crippen molar-refractivity contribution in [3.8, 4) is 0 Å². The fraction of sp³-hybridized carbons (Fsp3) is 0.392. The molecular weight excluding hydrogens is 1360 g/mol. The summed E-state index contributed by atoms with van der Waals surface area (Å²) in [5.41, 5.74) is 8.94. The minimum atomic E-state index is -4.65. The highest BCUT2D eigenvalue weighted by atomic mass is 32.2. The summed E-state index contributed by atoms with van der Waals surface area (Å²) in [6, 6.07) is 26.2. The van der Waals surface area contributed by atoms with Crippen LogP contribution < -0.4 is 20.4 Å². The first kappa shape index (κ1) is 76.0. The van der Waals surface area contributed by atoms with E-state index in [1.165, 1.54) is 36.4 Å². The van der Waals surface area contributed by atoms with E-state index >= 15 is 0 Å². The second-order valence-electron chi connectivity index (χ2n) is 27.8. The third-order valence-corrected chi connectivity index (χ3v) is 22.8. The highest BCUT2D eigenvalue weighted by Crippen LogP contribution is 2.50. The maximum Gasteiger partial charge on any atom is 0.303 e. The topological polar surface area (TPSA) is 331 Å². The highest BCUT2D eigenvalue weighted by molar-refractivity contribution is 7.86. The largest absolute Gasteiger partial charge is 0.748 e. The number of carboxylic acids is 1. The number of unbranched alkanes of at least 4 members (excludes halogenated alkanes) is 4. The lowest BCUT2D eigenvalue weighted by molar-refractivity contribution is -0.438. The summed E-state index contributed by atoms with van der Waals surface area (Å²) in [5, 5.41) is 15.2. The Morgan fingerprint density at radius 2 is 0.990 bits per heavy atom. The molecule has 0 saturated carbocycles. The van der Waals surface area contributed by atoms with Crippen LogP contribution in [0.5, 0.6) is 0 Å². The smallest absolute Gasteiger partial charge is 0.303 e. The van der Waals surface area contributed by atoms with Crippen molar-refractivity contribution in [2.45, 2.75) is 170 Å². The fourth-order valence-electron chi connectivity index (χ4n) is 14.1. The number of benzene rings is 5. The van der Waals surface area contributed by atoms with E-state index in [1.807, 2.05) is 134 Å². The minimum absolute atomic E-state index is 0.0364. The molecule has 4 heterocycles. The molecule has 4 aliphatic rings. The van der Waals surface area contributed by atoms with Gasteiger partial charge < -0.3 is 34.6 Å². The molecule has 5 N–H and O–H groups in total. The molecule has 100 heavy (non-hydrogen) atoms. The second-order valence-corrected chi connectivity index (χ2v) is 33.5. The van der Waals surface area contributed by atoms with Gasteiger partial charge in [0.15, 0.2) is 11.4 Å². The molecule has 5 aromatic carbocycles. The van der Waals surface area contributed by atoms with Gasteiger partial charge in [0, 0.05) is 132 Å². The number of amides is 2. The summed E-state index contributed by atoms with van der Waals surface area (Å²) in [5.74, 6) is -1.91. The molecule has 0 aliphatic carbocycles. The first-order valence-corrected chi connectivity index (χ1v) is 39.2. The van der Waals surface area contributed by atoms with Crippen LogP contribution >= 0.6 is 0 Å². The molecule has 0 atom stereocenters. The van der Waals surface area contributed by atoms with Crippen LogP contribution in [0.15, 0.2) is 172 Å². The molecule has 5 aromatic rings. The molecule has 0 spiro atoms. The first-order chi connectivity index (χ1) is 46.8. The van der Waals surface area contributed by atoms with E-state index in [0.29, 0.717) is 69.3 Å². The Bertz CT molecular complexity index is 4770. The van der Waals surface area contributed by atoms with Gasteiger partial charge in [-0.1, -0.05) is 76.3 Å². The molecule has 4 aliphatic heterocycles.